The minimum Gasteiger partial charge on any atom is -0.464 e. The molecular formula is C21H33N3O4. The summed E-state index contributed by atoms with van der Waals surface area (Å²) in [6.07, 6.45) is 9.73. The molecule has 0 aromatic heterocycles. The summed E-state index contributed by atoms with van der Waals surface area (Å²) < 4.78 is 5.25. The Kier molecular flexibility index (Phi) is 6.43. The number of hydrogen-bond acceptors (Lipinski definition) is 5. The molecule has 1 saturated carbocycles. The summed E-state index contributed by atoms with van der Waals surface area (Å²) in [4.78, 5) is 40.2. The monoisotopic (exact) mass is 391 g/mol. The number of allylic oxidation sites excluding steroid dienone is 1. The molecule has 156 valence electrons. The number of hydrogen-bond donors (Lipinski definition) is 2. The SMILES string of the molecule is CCOC(=O)[C@@]12CC1/C=C\CCCCC[C@H](N)C(=O)N1C[C@H](C)C[C@H]1C(=O)N2. The molecule has 1 saturated heterocycles. The van der Waals surface area contributed by atoms with E-state index in [1.807, 2.05) is 13.0 Å². The molecule has 0 aromatic carbocycles. The third-order valence-electron chi connectivity index (χ3n) is 6.17. The Morgan fingerprint density at radius 2 is 2.14 bits per heavy atom. The quantitative estimate of drug-likeness (QED) is 0.549. The van der Waals surface area contributed by atoms with Crippen LogP contribution in [0.15, 0.2) is 12.2 Å². The van der Waals surface area contributed by atoms with Crippen LogP contribution in [0.25, 0.3) is 0 Å². The van der Waals surface area contributed by atoms with Crippen molar-refractivity contribution in [3.05, 3.63) is 12.2 Å². The van der Waals surface area contributed by atoms with Gasteiger partial charge in [0.1, 0.15) is 11.6 Å². The van der Waals surface area contributed by atoms with Crippen LogP contribution in [-0.4, -0.2) is 53.5 Å². The predicted molar refractivity (Wildman–Crippen MR) is 105 cm³/mol. The minimum atomic E-state index is -0.994. The van der Waals surface area contributed by atoms with Gasteiger partial charge in [-0.3, -0.25) is 9.59 Å². The molecule has 1 aliphatic carbocycles. The van der Waals surface area contributed by atoms with Crippen LogP contribution >= 0.6 is 0 Å². The number of esters is 1. The highest BCUT2D eigenvalue weighted by Gasteiger charge is 2.62. The minimum absolute atomic E-state index is 0.0501. The van der Waals surface area contributed by atoms with E-state index in [4.69, 9.17) is 10.5 Å². The number of carbonyl (C=O) groups is 3. The van der Waals surface area contributed by atoms with Crippen molar-refractivity contribution in [3.8, 4) is 0 Å². The van der Waals surface area contributed by atoms with Gasteiger partial charge in [-0.2, -0.15) is 0 Å². The molecule has 2 heterocycles. The van der Waals surface area contributed by atoms with Gasteiger partial charge in [0.15, 0.2) is 0 Å². The summed E-state index contributed by atoms with van der Waals surface area (Å²) >= 11 is 0. The highest BCUT2D eigenvalue weighted by Crippen LogP contribution is 2.46. The van der Waals surface area contributed by atoms with E-state index >= 15 is 0 Å². The van der Waals surface area contributed by atoms with Crippen molar-refractivity contribution in [2.24, 2.45) is 17.6 Å². The van der Waals surface area contributed by atoms with Crippen molar-refractivity contribution >= 4 is 17.8 Å². The Hall–Kier alpha value is -1.89. The molecule has 0 radical (unpaired) electrons. The van der Waals surface area contributed by atoms with Crippen molar-refractivity contribution in [2.45, 2.75) is 76.4 Å². The summed E-state index contributed by atoms with van der Waals surface area (Å²) in [6.45, 7) is 4.59. The van der Waals surface area contributed by atoms with Crippen molar-refractivity contribution in [2.75, 3.05) is 13.2 Å². The first-order valence-electron chi connectivity index (χ1n) is 10.6. The summed E-state index contributed by atoms with van der Waals surface area (Å²) in [5, 5.41) is 2.95. The van der Waals surface area contributed by atoms with E-state index in [1.165, 1.54) is 0 Å². The molecule has 5 atom stereocenters. The highest BCUT2D eigenvalue weighted by atomic mass is 16.5. The zero-order valence-corrected chi connectivity index (χ0v) is 17.0. The Labute approximate surface area is 167 Å². The maximum absolute atomic E-state index is 13.1. The first-order valence-corrected chi connectivity index (χ1v) is 10.6. The fourth-order valence-corrected chi connectivity index (χ4v) is 4.45. The molecule has 3 N–H and O–H groups in total. The van der Waals surface area contributed by atoms with Crippen molar-refractivity contribution in [1.82, 2.24) is 10.2 Å². The number of carbonyl (C=O) groups excluding carboxylic acids is 3. The summed E-state index contributed by atoms with van der Waals surface area (Å²) in [5.41, 5.74) is 5.15. The van der Waals surface area contributed by atoms with Crippen LogP contribution in [0.3, 0.4) is 0 Å². The van der Waals surface area contributed by atoms with Crippen molar-refractivity contribution in [1.29, 1.82) is 0 Å². The van der Waals surface area contributed by atoms with Crippen LogP contribution in [0, 0.1) is 11.8 Å². The fraction of sp³-hybridized carbons (Fsp3) is 0.762. The van der Waals surface area contributed by atoms with Gasteiger partial charge in [-0.15, -0.1) is 0 Å². The molecule has 2 aliphatic heterocycles. The first kappa shape index (κ1) is 20.8. The van der Waals surface area contributed by atoms with E-state index in [0.29, 0.717) is 25.8 Å². The van der Waals surface area contributed by atoms with Gasteiger partial charge < -0.3 is 20.7 Å². The number of nitrogens with zero attached hydrogens (tertiary/aromatic N) is 1. The van der Waals surface area contributed by atoms with Gasteiger partial charge >= 0.3 is 5.97 Å². The number of rotatable bonds is 2. The zero-order valence-electron chi connectivity index (χ0n) is 17.0. The molecule has 3 rings (SSSR count). The molecule has 7 heteroatoms. The average molecular weight is 392 g/mol. The van der Waals surface area contributed by atoms with Crippen LogP contribution in [0.5, 0.6) is 0 Å². The molecule has 3 aliphatic rings. The maximum Gasteiger partial charge on any atom is 0.332 e. The van der Waals surface area contributed by atoms with Gasteiger partial charge in [0.2, 0.25) is 11.8 Å². The maximum atomic E-state index is 13.1. The normalized spacial score (nSPS) is 37.8. The molecule has 0 spiro atoms. The lowest BCUT2D eigenvalue weighted by Gasteiger charge is -2.28. The van der Waals surface area contributed by atoms with Gasteiger partial charge in [-0.25, -0.2) is 4.79 Å². The standard InChI is InChI=1S/C21H33N3O4/c1-3-28-20(27)21-12-15(21)9-7-5-4-6-8-10-16(22)19(26)24-13-14(2)11-17(24)18(25)23-21/h7,9,14-17H,3-6,8,10-13,22H2,1-2H3,(H,23,25)/b9-7-/t14-,15?,16+,17+,21-/m1/s1. The van der Waals surface area contributed by atoms with E-state index < -0.39 is 17.6 Å². The summed E-state index contributed by atoms with van der Waals surface area (Å²) in [6, 6.07) is -1.15. The van der Waals surface area contributed by atoms with Gasteiger partial charge in [-0.1, -0.05) is 31.9 Å². The third kappa shape index (κ3) is 4.24. The second kappa shape index (κ2) is 8.64. The van der Waals surface area contributed by atoms with Crippen LogP contribution in [0.2, 0.25) is 0 Å². The first-order chi connectivity index (χ1) is 13.4. The Bertz CT molecular complexity index is 650. The lowest BCUT2D eigenvalue weighted by molar-refractivity contribution is -0.150. The Morgan fingerprint density at radius 1 is 1.36 bits per heavy atom. The second-order valence-electron chi connectivity index (χ2n) is 8.51. The van der Waals surface area contributed by atoms with E-state index in [0.717, 1.165) is 25.7 Å². The molecule has 7 nitrogen and oxygen atoms in total. The van der Waals surface area contributed by atoms with Gasteiger partial charge in [-0.05, 0) is 44.9 Å². The molecular weight excluding hydrogens is 358 g/mol. The zero-order chi connectivity index (χ0) is 20.3. The van der Waals surface area contributed by atoms with Crippen LogP contribution < -0.4 is 11.1 Å². The van der Waals surface area contributed by atoms with Crippen LogP contribution in [-0.2, 0) is 19.1 Å². The third-order valence-corrected chi connectivity index (χ3v) is 6.17. The van der Waals surface area contributed by atoms with E-state index in [1.54, 1.807) is 11.8 Å². The average Bonchev–Trinajstić information content (AvgIpc) is 3.21. The number of amides is 2. The van der Waals surface area contributed by atoms with E-state index in [-0.39, 0.29) is 36.2 Å². The van der Waals surface area contributed by atoms with Crippen molar-refractivity contribution in [3.63, 3.8) is 0 Å². The van der Waals surface area contributed by atoms with Crippen LogP contribution in [0.4, 0.5) is 0 Å². The van der Waals surface area contributed by atoms with Gasteiger partial charge in [0.05, 0.1) is 12.6 Å². The summed E-state index contributed by atoms with van der Waals surface area (Å²) in [7, 11) is 0. The summed E-state index contributed by atoms with van der Waals surface area (Å²) in [5.74, 6) is -0.647. The molecule has 2 amide bonds. The molecule has 0 aromatic rings. The molecule has 1 unspecified atom stereocenters. The number of nitrogens with two attached hydrogens (primary N) is 1. The van der Waals surface area contributed by atoms with E-state index in [9.17, 15) is 14.4 Å². The Balaban J connectivity index is 1.84. The van der Waals surface area contributed by atoms with E-state index in [2.05, 4.69) is 11.4 Å². The second-order valence-corrected chi connectivity index (χ2v) is 8.51. The van der Waals surface area contributed by atoms with Crippen LogP contribution in [0.1, 0.15) is 58.8 Å². The molecule has 0 bridgehead atoms. The Morgan fingerprint density at radius 3 is 2.89 bits per heavy atom. The smallest absolute Gasteiger partial charge is 0.332 e. The number of ether oxygens (including phenoxy) is 1. The molecule has 2 fully saturated rings. The molecule has 28 heavy (non-hydrogen) atoms. The highest BCUT2D eigenvalue weighted by molar-refractivity contribution is 5.96. The predicted octanol–water partition coefficient (Wildman–Crippen LogP) is 1.51. The van der Waals surface area contributed by atoms with Crippen molar-refractivity contribution < 1.29 is 19.1 Å². The largest absolute Gasteiger partial charge is 0.464 e. The lowest BCUT2D eigenvalue weighted by atomic mass is 10.1. The fourth-order valence-electron chi connectivity index (χ4n) is 4.45. The lowest BCUT2D eigenvalue weighted by Crippen LogP contribution is -2.55. The topological polar surface area (TPSA) is 102 Å². The number of nitrogens with one attached hydrogen (secondary N) is 1. The van der Waals surface area contributed by atoms with Gasteiger partial charge in [0, 0.05) is 12.5 Å². The van der Waals surface area contributed by atoms with Gasteiger partial charge in [0.25, 0.3) is 0 Å². The number of fused-ring (bicyclic) bond motifs is 2.